The van der Waals surface area contributed by atoms with Gasteiger partial charge in [0.25, 0.3) is 0 Å². The van der Waals surface area contributed by atoms with Crippen molar-refractivity contribution in [2.45, 2.75) is 19.9 Å². The Morgan fingerprint density at radius 1 is 1.23 bits per heavy atom. The number of hydrogen-bond acceptors (Lipinski definition) is 1. The Balaban J connectivity index is 0.00000243. The summed E-state index contributed by atoms with van der Waals surface area (Å²) in [6.07, 6.45) is 5.10. The maximum atomic E-state index is 4.81. The number of aryl methyl sites for hydroxylation is 1. The van der Waals surface area contributed by atoms with Gasteiger partial charge in [-0.25, -0.2) is 0 Å². The number of hydrogen-bond donors (Lipinski definition) is 2. The first-order chi connectivity index (χ1) is 12.2. The second-order valence-corrected chi connectivity index (χ2v) is 6.31. The molecule has 2 N–H and O–H groups in total. The molecule has 3 aromatic rings. The standard InChI is InChI=1S/C20H27N5.HI/c1-4-21-20(25(3)15-17-8-7-13-24(17)2)22-12-11-16-14-23-19-10-6-5-9-18(16)19;/h5-10,13-14,23H,4,11-12,15H2,1-3H3,(H,21,22);1H. The first kappa shape index (κ1) is 20.4. The number of nitrogens with zero attached hydrogens (tertiary/aromatic N) is 3. The lowest BCUT2D eigenvalue weighted by atomic mass is 10.1. The summed E-state index contributed by atoms with van der Waals surface area (Å²) in [7, 11) is 4.16. The van der Waals surface area contributed by atoms with Gasteiger partial charge >= 0.3 is 0 Å². The van der Waals surface area contributed by atoms with Crippen molar-refractivity contribution >= 4 is 40.8 Å². The monoisotopic (exact) mass is 465 g/mol. The van der Waals surface area contributed by atoms with Crippen LogP contribution in [-0.2, 0) is 20.0 Å². The highest BCUT2D eigenvalue weighted by Crippen LogP contribution is 2.18. The van der Waals surface area contributed by atoms with E-state index in [1.165, 1.54) is 22.2 Å². The summed E-state index contributed by atoms with van der Waals surface area (Å²) >= 11 is 0. The van der Waals surface area contributed by atoms with Crippen LogP contribution in [0.1, 0.15) is 18.2 Å². The van der Waals surface area contributed by atoms with Crippen LogP contribution in [0.3, 0.4) is 0 Å². The Bertz CT molecular complexity index is 849. The van der Waals surface area contributed by atoms with Gasteiger partial charge in [-0.1, -0.05) is 18.2 Å². The number of aliphatic imine (C=N–C) groups is 1. The quantitative estimate of drug-likeness (QED) is 0.331. The number of halogens is 1. The Morgan fingerprint density at radius 3 is 2.77 bits per heavy atom. The maximum Gasteiger partial charge on any atom is 0.194 e. The van der Waals surface area contributed by atoms with Gasteiger partial charge in [-0.05, 0) is 37.1 Å². The van der Waals surface area contributed by atoms with Crippen LogP contribution in [0.5, 0.6) is 0 Å². The van der Waals surface area contributed by atoms with Crippen LogP contribution in [-0.4, -0.2) is 40.5 Å². The van der Waals surface area contributed by atoms with Gasteiger partial charge in [-0.2, -0.15) is 0 Å². The van der Waals surface area contributed by atoms with E-state index >= 15 is 0 Å². The third-order valence-corrected chi connectivity index (χ3v) is 4.46. The lowest BCUT2D eigenvalue weighted by Crippen LogP contribution is -2.39. The summed E-state index contributed by atoms with van der Waals surface area (Å²) in [5.41, 5.74) is 3.78. The van der Waals surface area contributed by atoms with Crippen LogP contribution in [0, 0.1) is 0 Å². The van der Waals surface area contributed by atoms with Gasteiger partial charge in [-0.15, -0.1) is 24.0 Å². The number of H-pyrrole nitrogens is 1. The fourth-order valence-electron chi connectivity index (χ4n) is 3.07. The summed E-state index contributed by atoms with van der Waals surface area (Å²) in [5.74, 6) is 0.948. The fourth-order valence-corrected chi connectivity index (χ4v) is 3.07. The lowest BCUT2D eigenvalue weighted by Gasteiger charge is -2.22. The average Bonchev–Trinajstić information content (AvgIpc) is 3.21. The zero-order valence-electron chi connectivity index (χ0n) is 15.7. The van der Waals surface area contributed by atoms with E-state index in [0.29, 0.717) is 0 Å². The molecule has 0 spiro atoms. The molecule has 0 radical (unpaired) electrons. The predicted molar refractivity (Wildman–Crippen MR) is 120 cm³/mol. The molecule has 0 amide bonds. The SMILES string of the molecule is CCNC(=NCCc1c[nH]c2ccccc12)N(C)Cc1cccn1C.I. The van der Waals surface area contributed by atoms with Gasteiger partial charge in [0.05, 0.1) is 6.54 Å². The molecule has 0 unspecified atom stereocenters. The number of para-hydroxylation sites is 1. The van der Waals surface area contributed by atoms with Crippen molar-refractivity contribution < 1.29 is 0 Å². The van der Waals surface area contributed by atoms with E-state index in [-0.39, 0.29) is 24.0 Å². The molecule has 140 valence electrons. The van der Waals surface area contributed by atoms with Crippen molar-refractivity contribution in [3.63, 3.8) is 0 Å². The van der Waals surface area contributed by atoms with Gasteiger partial charge in [0.2, 0.25) is 0 Å². The van der Waals surface area contributed by atoms with Crippen LogP contribution >= 0.6 is 24.0 Å². The minimum Gasteiger partial charge on any atom is -0.361 e. The van der Waals surface area contributed by atoms with Gasteiger partial charge in [0, 0.05) is 56.2 Å². The molecule has 0 fully saturated rings. The number of guanidine groups is 1. The maximum absolute atomic E-state index is 4.81. The highest BCUT2D eigenvalue weighted by Gasteiger charge is 2.08. The van der Waals surface area contributed by atoms with E-state index in [1.807, 2.05) is 0 Å². The summed E-state index contributed by atoms with van der Waals surface area (Å²) in [4.78, 5) is 10.3. The molecule has 1 aromatic carbocycles. The van der Waals surface area contributed by atoms with E-state index in [0.717, 1.165) is 32.0 Å². The predicted octanol–water partition coefficient (Wildman–Crippen LogP) is 3.76. The zero-order chi connectivity index (χ0) is 17.6. The van der Waals surface area contributed by atoms with Gasteiger partial charge < -0.3 is 19.8 Å². The van der Waals surface area contributed by atoms with Crippen LogP contribution in [0.2, 0.25) is 0 Å². The van der Waals surface area contributed by atoms with Crippen LogP contribution < -0.4 is 5.32 Å². The Hall–Kier alpha value is -1.96. The third kappa shape index (κ3) is 4.81. The zero-order valence-corrected chi connectivity index (χ0v) is 18.0. The molecular formula is C20H28IN5. The van der Waals surface area contributed by atoms with E-state index in [2.05, 4.69) is 89.6 Å². The van der Waals surface area contributed by atoms with Gasteiger partial charge in [0.1, 0.15) is 0 Å². The highest BCUT2D eigenvalue weighted by atomic mass is 127. The molecule has 0 saturated heterocycles. The number of nitrogens with one attached hydrogen (secondary N) is 2. The smallest absolute Gasteiger partial charge is 0.194 e. The first-order valence-corrected chi connectivity index (χ1v) is 8.83. The third-order valence-electron chi connectivity index (χ3n) is 4.46. The Labute approximate surface area is 172 Å². The van der Waals surface area contributed by atoms with E-state index < -0.39 is 0 Å². The molecule has 5 nitrogen and oxygen atoms in total. The molecule has 0 aliphatic rings. The first-order valence-electron chi connectivity index (χ1n) is 8.83. The summed E-state index contributed by atoms with van der Waals surface area (Å²) in [5, 5.41) is 4.68. The second-order valence-electron chi connectivity index (χ2n) is 6.31. The number of aromatic nitrogens is 2. The molecule has 6 heteroatoms. The minimum absolute atomic E-state index is 0. The molecule has 0 aliphatic heterocycles. The molecule has 26 heavy (non-hydrogen) atoms. The van der Waals surface area contributed by atoms with Crippen molar-refractivity contribution in [1.82, 2.24) is 19.8 Å². The highest BCUT2D eigenvalue weighted by molar-refractivity contribution is 14.0. The molecule has 0 aliphatic carbocycles. The topological polar surface area (TPSA) is 48.4 Å². The second kappa shape index (κ2) is 9.66. The molecule has 2 heterocycles. The summed E-state index contributed by atoms with van der Waals surface area (Å²) in [6, 6.07) is 12.6. The molecule has 2 aromatic heterocycles. The Morgan fingerprint density at radius 2 is 2.04 bits per heavy atom. The minimum atomic E-state index is 0. The normalized spacial score (nSPS) is 11.4. The van der Waals surface area contributed by atoms with Gasteiger partial charge in [-0.3, -0.25) is 4.99 Å². The van der Waals surface area contributed by atoms with Crippen LogP contribution in [0.25, 0.3) is 10.9 Å². The molecular weight excluding hydrogens is 437 g/mol. The largest absolute Gasteiger partial charge is 0.361 e. The van der Waals surface area contributed by atoms with E-state index in [4.69, 9.17) is 4.99 Å². The molecule has 0 bridgehead atoms. The fraction of sp³-hybridized carbons (Fsp3) is 0.350. The molecule has 3 rings (SSSR count). The van der Waals surface area contributed by atoms with Crippen molar-refractivity contribution in [3.8, 4) is 0 Å². The van der Waals surface area contributed by atoms with Crippen LogP contribution in [0.15, 0.2) is 53.8 Å². The lowest BCUT2D eigenvalue weighted by molar-refractivity contribution is 0.462. The number of rotatable bonds is 6. The van der Waals surface area contributed by atoms with Crippen molar-refractivity contribution in [2.24, 2.45) is 12.0 Å². The van der Waals surface area contributed by atoms with Crippen LogP contribution in [0.4, 0.5) is 0 Å². The van der Waals surface area contributed by atoms with E-state index in [1.54, 1.807) is 0 Å². The molecule has 0 atom stereocenters. The summed E-state index contributed by atoms with van der Waals surface area (Å²) in [6.45, 7) is 4.57. The summed E-state index contributed by atoms with van der Waals surface area (Å²) < 4.78 is 2.14. The number of fused-ring (bicyclic) bond motifs is 1. The molecule has 0 saturated carbocycles. The number of aromatic amines is 1. The average molecular weight is 465 g/mol. The van der Waals surface area contributed by atoms with Crippen molar-refractivity contribution in [1.29, 1.82) is 0 Å². The van der Waals surface area contributed by atoms with E-state index in [9.17, 15) is 0 Å². The van der Waals surface area contributed by atoms with Crippen molar-refractivity contribution in [2.75, 3.05) is 20.1 Å². The van der Waals surface area contributed by atoms with Crippen molar-refractivity contribution in [3.05, 3.63) is 60.0 Å². The van der Waals surface area contributed by atoms with Gasteiger partial charge in [0.15, 0.2) is 5.96 Å². The Kier molecular flexibility index (Phi) is 7.56. The number of benzene rings is 1.